The van der Waals surface area contributed by atoms with Gasteiger partial charge in [0.2, 0.25) is 0 Å². The van der Waals surface area contributed by atoms with Crippen molar-refractivity contribution >= 4 is 5.78 Å². The molecule has 7 nitrogen and oxygen atoms in total. The standard InChI is InChI=1S/C15H14O7/c16-8-4-11(18)9(12(19)5-8)6-14(21)15(22)7-1-2-10(17)13(20)3-7/h1-5,15-20,22H,6H2/t15-/m0/s1. The summed E-state index contributed by atoms with van der Waals surface area (Å²) in [6.45, 7) is 0. The van der Waals surface area contributed by atoms with Gasteiger partial charge < -0.3 is 30.6 Å². The lowest BCUT2D eigenvalue weighted by molar-refractivity contribution is -0.126. The average molecular weight is 306 g/mol. The fraction of sp³-hybridized carbons (Fsp3) is 0.133. The van der Waals surface area contributed by atoms with Crippen molar-refractivity contribution in [2.24, 2.45) is 0 Å². The van der Waals surface area contributed by atoms with Gasteiger partial charge in [0.15, 0.2) is 17.3 Å². The first-order valence-corrected chi connectivity index (χ1v) is 6.26. The number of hydrogen-bond donors (Lipinski definition) is 6. The predicted molar refractivity (Wildman–Crippen MR) is 74.9 cm³/mol. The number of hydrogen-bond acceptors (Lipinski definition) is 7. The molecule has 0 saturated carbocycles. The van der Waals surface area contributed by atoms with Crippen LogP contribution in [-0.2, 0) is 11.2 Å². The van der Waals surface area contributed by atoms with Crippen LogP contribution >= 0.6 is 0 Å². The Morgan fingerprint density at radius 3 is 2.00 bits per heavy atom. The molecule has 6 N–H and O–H groups in total. The summed E-state index contributed by atoms with van der Waals surface area (Å²) in [6, 6.07) is 5.33. The Morgan fingerprint density at radius 2 is 1.45 bits per heavy atom. The van der Waals surface area contributed by atoms with Gasteiger partial charge in [-0.1, -0.05) is 6.07 Å². The normalized spacial score (nSPS) is 12.0. The van der Waals surface area contributed by atoms with E-state index in [1.54, 1.807) is 0 Å². The summed E-state index contributed by atoms with van der Waals surface area (Å²) >= 11 is 0. The molecule has 0 fully saturated rings. The molecular weight excluding hydrogens is 292 g/mol. The SMILES string of the molecule is O=C(Cc1c(O)cc(O)cc1O)[C@@H](O)c1ccc(O)c(O)c1. The molecule has 22 heavy (non-hydrogen) atoms. The molecule has 2 rings (SSSR count). The van der Waals surface area contributed by atoms with E-state index in [9.17, 15) is 35.4 Å². The molecule has 0 spiro atoms. The van der Waals surface area contributed by atoms with Crippen LogP contribution in [0, 0.1) is 0 Å². The van der Waals surface area contributed by atoms with E-state index in [0.717, 1.165) is 24.3 Å². The molecule has 0 radical (unpaired) electrons. The van der Waals surface area contributed by atoms with E-state index in [2.05, 4.69) is 0 Å². The number of carbonyl (C=O) groups excluding carboxylic acids is 1. The van der Waals surface area contributed by atoms with Crippen LogP contribution < -0.4 is 0 Å². The van der Waals surface area contributed by atoms with Crippen LogP contribution in [0.25, 0.3) is 0 Å². The molecule has 0 amide bonds. The minimum atomic E-state index is -1.61. The third-order valence-corrected chi connectivity index (χ3v) is 3.16. The largest absolute Gasteiger partial charge is 0.508 e. The van der Waals surface area contributed by atoms with Crippen molar-refractivity contribution in [3.63, 3.8) is 0 Å². The monoisotopic (exact) mass is 306 g/mol. The van der Waals surface area contributed by atoms with E-state index in [1.165, 1.54) is 6.07 Å². The minimum absolute atomic E-state index is 0.0538. The summed E-state index contributed by atoms with van der Waals surface area (Å²) in [5.74, 6) is -2.95. The second-order valence-electron chi connectivity index (χ2n) is 4.76. The van der Waals surface area contributed by atoms with Gasteiger partial charge in [-0.2, -0.15) is 0 Å². The Labute approximate surface area is 125 Å². The third kappa shape index (κ3) is 3.04. The van der Waals surface area contributed by atoms with Crippen LogP contribution in [0.4, 0.5) is 0 Å². The molecule has 0 aliphatic heterocycles. The summed E-state index contributed by atoms with van der Waals surface area (Å²) in [6.07, 6.45) is -2.10. The van der Waals surface area contributed by atoms with Crippen LogP contribution in [-0.4, -0.2) is 36.4 Å². The molecule has 0 saturated heterocycles. The second kappa shape index (κ2) is 5.82. The van der Waals surface area contributed by atoms with Gasteiger partial charge in [0.05, 0.1) is 0 Å². The van der Waals surface area contributed by atoms with E-state index in [-0.39, 0.29) is 16.9 Å². The summed E-state index contributed by atoms with van der Waals surface area (Å²) in [5.41, 5.74) is -0.0806. The Balaban J connectivity index is 2.23. The number of carbonyl (C=O) groups is 1. The van der Waals surface area contributed by atoms with E-state index in [1.807, 2.05) is 0 Å². The highest BCUT2D eigenvalue weighted by Gasteiger charge is 2.22. The van der Waals surface area contributed by atoms with Crippen LogP contribution in [0.15, 0.2) is 30.3 Å². The fourth-order valence-corrected chi connectivity index (χ4v) is 1.98. The van der Waals surface area contributed by atoms with Crippen molar-refractivity contribution in [1.82, 2.24) is 0 Å². The van der Waals surface area contributed by atoms with Crippen molar-refractivity contribution in [1.29, 1.82) is 0 Å². The first-order chi connectivity index (χ1) is 10.3. The van der Waals surface area contributed by atoms with Gasteiger partial charge in [-0.3, -0.25) is 4.79 Å². The van der Waals surface area contributed by atoms with Crippen molar-refractivity contribution in [2.45, 2.75) is 12.5 Å². The third-order valence-electron chi connectivity index (χ3n) is 3.16. The number of Topliss-reactive ketones (excluding diaryl/α,β-unsaturated/α-hetero) is 1. The van der Waals surface area contributed by atoms with Gasteiger partial charge in [0.25, 0.3) is 0 Å². The highest BCUT2D eigenvalue weighted by Crippen LogP contribution is 2.34. The first-order valence-electron chi connectivity index (χ1n) is 6.26. The number of benzene rings is 2. The summed E-state index contributed by atoms with van der Waals surface area (Å²) in [5, 5.41) is 56.9. The molecule has 0 bridgehead atoms. The Bertz CT molecular complexity index is 701. The quantitative estimate of drug-likeness (QED) is 0.464. The zero-order valence-corrected chi connectivity index (χ0v) is 11.3. The number of aromatic hydroxyl groups is 5. The molecule has 0 aliphatic rings. The van der Waals surface area contributed by atoms with Crippen molar-refractivity contribution in [2.75, 3.05) is 0 Å². The molecular formula is C15H14O7. The number of phenolic OH excluding ortho intramolecular Hbond substituents is 5. The zero-order chi connectivity index (χ0) is 16.4. The van der Waals surface area contributed by atoms with Gasteiger partial charge in [-0.15, -0.1) is 0 Å². The number of rotatable bonds is 4. The van der Waals surface area contributed by atoms with Gasteiger partial charge >= 0.3 is 0 Å². The smallest absolute Gasteiger partial charge is 0.170 e. The van der Waals surface area contributed by atoms with E-state index < -0.39 is 41.3 Å². The maximum atomic E-state index is 12.0. The highest BCUT2D eigenvalue weighted by molar-refractivity contribution is 5.87. The molecule has 0 unspecified atom stereocenters. The molecule has 1 atom stereocenters. The maximum absolute atomic E-state index is 12.0. The zero-order valence-electron chi connectivity index (χ0n) is 11.3. The molecule has 0 aromatic heterocycles. The topological polar surface area (TPSA) is 138 Å². The summed E-state index contributed by atoms with van der Waals surface area (Å²) in [4.78, 5) is 12.0. The summed E-state index contributed by atoms with van der Waals surface area (Å²) in [7, 11) is 0. The van der Waals surface area contributed by atoms with E-state index in [4.69, 9.17) is 0 Å². The molecule has 2 aromatic rings. The Kier molecular flexibility index (Phi) is 4.09. The second-order valence-corrected chi connectivity index (χ2v) is 4.76. The van der Waals surface area contributed by atoms with E-state index in [0.29, 0.717) is 0 Å². The maximum Gasteiger partial charge on any atom is 0.170 e. The number of aliphatic hydroxyl groups is 1. The predicted octanol–water partition coefficient (Wildman–Crippen LogP) is 1.06. The lowest BCUT2D eigenvalue weighted by Gasteiger charge is -2.12. The molecule has 7 heteroatoms. The van der Waals surface area contributed by atoms with Crippen LogP contribution in [0.3, 0.4) is 0 Å². The number of phenols is 5. The van der Waals surface area contributed by atoms with Crippen LogP contribution in [0.2, 0.25) is 0 Å². The van der Waals surface area contributed by atoms with E-state index >= 15 is 0 Å². The van der Waals surface area contributed by atoms with Crippen molar-refractivity contribution in [3.8, 4) is 28.7 Å². The summed E-state index contributed by atoms with van der Waals surface area (Å²) < 4.78 is 0. The Morgan fingerprint density at radius 1 is 0.864 bits per heavy atom. The highest BCUT2D eigenvalue weighted by atomic mass is 16.3. The lowest BCUT2D eigenvalue weighted by Crippen LogP contribution is -2.14. The molecule has 0 heterocycles. The van der Waals surface area contributed by atoms with Crippen LogP contribution in [0.1, 0.15) is 17.2 Å². The van der Waals surface area contributed by atoms with Crippen LogP contribution in [0.5, 0.6) is 28.7 Å². The van der Waals surface area contributed by atoms with Gasteiger partial charge in [-0.05, 0) is 17.7 Å². The number of aliphatic hydroxyl groups excluding tert-OH is 1. The van der Waals surface area contributed by atoms with Gasteiger partial charge in [0.1, 0.15) is 23.4 Å². The van der Waals surface area contributed by atoms with Gasteiger partial charge in [0, 0.05) is 24.1 Å². The van der Waals surface area contributed by atoms with Crippen molar-refractivity contribution < 1.29 is 35.4 Å². The molecule has 0 aliphatic carbocycles. The average Bonchev–Trinajstić information content (AvgIpc) is 2.44. The molecule has 2 aromatic carbocycles. The lowest BCUT2D eigenvalue weighted by atomic mass is 9.98. The van der Waals surface area contributed by atoms with Gasteiger partial charge in [-0.25, -0.2) is 0 Å². The molecule has 116 valence electrons. The minimum Gasteiger partial charge on any atom is -0.508 e. The fourth-order valence-electron chi connectivity index (χ4n) is 1.98. The number of ketones is 1. The Hall–Kier alpha value is -2.93. The van der Waals surface area contributed by atoms with Crippen molar-refractivity contribution in [3.05, 3.63) is 41.5 Å². The first kappa shape index (κ1) is 15.5.